The molecule has 1 atom stereocenters. The van der Waals surface area contributed by atoms with E-state index in [4.69, 9.17) is 11.6 Å². The number of halogens is 1. The maximum Gasteiger partial charge on any atom is 0.252 e. The highest BCUT2D eigenvalue weighted by molar-refractivity contribution is 6.30. The van der Waals surface area contributed by atoms with Crippen molar-refractivity contribution in [2.75, 3.05) is 10.6 Å². The molecule has 0 fully saturated rings. The molecule has 0 aliphatic rings. The Morgan fingerprint density at radius 2 is 1.26 bits per heavy atom. The standard InChI is InChI=1S/C24H22ClN3O3/c1-15(29)26-21-12-19(13-22(14-21)27-16(2)30)24(31)28-23(17-6-4-3-5-7-17)18-8-10-20(25)11-9-18/h3-14,23H,1-2H3,(H,26,29)(H,27,30)(H,28,31)/t23-/m1/s1. The van der Waals surface area contributed by atoms with Gasteiger partial charge in [0.15, 0.2) is 0 Å². The zero-order valence-electron chi connectivity index (χ0n) is 17.1. The van der Waals surface area contributed by atoms with Crippen molar-refractivity contribution in [3.63, 3.8) is 0 Å². The molecule has 3 N–H and O–H groups in total. The second-order valence-corrected chi connectivity index (χ2v) is 7.47. The normalized spacial score (nSPS) is 11.3. The zero-order valence-corrected chi connectivity index (χ0v) is 17.9. The lowest BCUT2D eigenvalue weighted by atomic mass is 9.98. The monoisotopic (exact) mass is 435 g/mol. The molecule has 0 heterocycles. The van der Waals surface area contributed by atoms with Crippen molar-refractivity contribution in [2.24, 2.45) is 0 Å². The van der Waals surface area contributed by atoms with Crippen LogP contribution in [0.4, 0.5) is 11.4 Å². The molecule has 158 valence electrons. The number of amides is 3. The lowest BCUT2D eigenvalue weighted by molar-refractivity contribution is -0.115. The highest BCUT2D eigenvalue weighted by Gasteiger charge is 2.19. The molecule has 6 nitrogen and oxygen atoms in total. The minimum atomic E-state index is -0.417. The van der Waals surface area contributed by atoms with Gasteiger partial charge >= 0.3 is 0 Å². The van der Waals surface area contributed by atoms with E-state index in [1.165, 1.54) is 13.8 Å². The summed E-state index contributed by atoms with van der Waals surface area (Å²) in [5, 5.41) is 8.94. The average Bonchev–Trinajstić information content (AvgIpc) is 2.72. The molecule has 31 heavy (non-hydrogen) atoms. The fraction of sp³-hybridized carbons (Fsp3) is 0.125. The van der Waals surface area contributed by atoms with Crippen LogP contribution in [0, 0.1) is 0 Å². The van der Waals surface area contributed by atoms with E-state index in [2.05, 4.69) is 16.0 Å². The summed E-state index contributed by atoms with van der Waals surface area (Å²) in [4.78, 5) is 36.2. The van der Waals surface area contributed by atoms with Gasteiger partial charge in [0.2, 0.25) is 11.8 Å². The second-order valence-electron chi connectivity index (χ2n) is 7.03. The highest BCUT2D eigenvalue weighted by atomic mass is 35.5. The molecule has 0 bridgehead atoms. The maximum absolute atomic E-state index is 13.2. The number of anilines is 2. The van der Waals surface area contributed by atoms with Gasteiger partial charge in [0, 0.05) is 35.8 Å². The summed E-state index contributed by atoms with van der Waals surface area (Å²) in [7, 11) is 0. The van der Waals surface area contributed by atoms with Gasteiger partial charge in [-0.1, -0.05) is 54.1 Å². The molecule has 3 aromatic carbocycles. The van der Waals surface area contributed by atoms with Crippen LogP contribution in [0.2, 0.25) is 5.02 Å². The molecule has 0 saturated heterocycles. The molecular weight excluding hydrogens is 414 g/mol. The van der Waals surface area contributed by atoms with Crippen LogP contribution < -0.4 is 16.0 Å². The van der Waals surface area contributed by atoms with Crippen molar-refractivity contribution in [3.8, 4) is 0 Å². The van der Waals surface area contributed by atoms with Gasteiger partial charge in [0.05, 0.1) is 6.04 Å². The maximum atomic E-state index is 13.2. The molecule has 0 spiro atoms. The lowest BCUT2D eigenvalue weighted by Crippen LogP contribution is -2.29. The summed E-state index contributed by atoms with van der Waals surface area (Å²) < 4.78 is 0. The molecule has 0 aromatic heterocycles. The van der Waals surface area contributed by atoms with Gasteiger partial charge in [0.25, 0.3) is 5.91 Å². The summed E-state index contributed by atoms with van der Waals surface area (Å²) in [6.07, 6.45) is 0. The van der Waals surface area contributed by atoms with Gasteiger partial charge in [-0.25, -0.2) is 0 Å². The van der Waals surface area contributed by atoms with E-state index >= 15 is 0 Å². The minimum Gasteiger partial charge on any atom is -0.341 e. The first-order valence-electron chi connectivity index (χ1n) is 9.63. The fourth-order valence-electron chi connectivity index (χ4n) is 3.18. The first-order valence-corrected chi connectivity index (χ1v) is 10.0. The molecule has 0 aliphatic carbocycles. The van der Waals surface area contributed by atoms with E-state index in [1.54, 1.807) is 30.3 Å². The summed E-state index contributed by atoms with van der Waals surface area (Å²) in [6, 6.07) is 21.1. The quantitative estimate of drug-likeness (QED) is 0.520. The van der Waals surface area contributed by atoms with Gasteiger partial charge in [-0.2, -0.15) is 0 Å². The van der Waals surface area contributed by atoms with Crippen LogP contribution in [-0.2, 0) is 9.59 Å². The topological polar surface area (TPSA) is 87.3 Å². The van der Waals surface area contributed by atoms with Crippen LogP contribution in [0.5, 0.6) is 0 Å². The molecule has 0 unspecified atom stereocenters. The number of nitrogens with one attached hydrogen (secondary N) is 3. The van der Waals surface area contributed by atoms with E-state index in [0.717, 1.165) is 11.1 Å². The van der Waals surface area contributed by atoms with E-state index in [-0.39, 0.29) is 17.7 Å². The van der Waals surface area contributed by atoms with Gasteiger partial charge in [-0.15, -0.1) is 0 Å². The lowest BCUT2D eigenvalue weighted by Gasteiger charge is -2.20. The van der Waals surface area contributed by atoms with Gasteiger partial charge in [0.1, 0.15) is 0 Å². The third-order valence-electron chi connectivity index (χ3n) is 4.45. The molecule has 3 amide bonds. The van der Waals surface area contributed by atoms with Crippen LogP contribution in [0.15, 0.2) is 72.8 Å². The number of benzene rings is 3. The van der Waals surface area contributed by atoms with Crippen LogP contribution in [0.3, 0.4) is 0 Å². The number of hydrogen-bond donors (Lipinski definition) is 3. The summed E-state index contributed by atoms with van der Waals surface area (Å²) in [5.41, 5.74) is 2.88. The number of carbonyl (C=O) groups is 3. The Morgan fingerprint density at radius 3 is 1.77 bits per heavy atom. The Kier molecular flexibility index (Phi) is 7.05. The molecule has 3 rings (SSSR count). The number of hydrogen-bond acceptors (Lipinski definition) is 3. The van der Waals surface area contributed by atoms with Crippen molar-refractivity contribution < 1.29 is 14.4 Å². The van der Waals surface area contributed by atoms with Gasteiger partial charge in [-0.05, 0) is 41.5 Å². The van der Waals surface area contributed by atoms with Crippen molar-refractivity contribution in [2.45, 2.75) is 19.9 Å². The summed E-state index contributed by atoms with van der Waals surface area (Å²) in [5.74, 6) is -0.924. The zero-order chi connectivity index (χ0) is 22.4. The van der Waals surface area contributed by atoms with Crippen LogP contribution in [-0.4, -0.2) is 17.7 Å². The van der Waals surface area contributed by atoms with Crippen LogP contribution in [0.25, 0.3) is 0 Å². The molecule has 0 saturated carbocycles. The third kappa shape index (κ3) is 6.17. The van der Waals surface area contributed by atoms with Crippen molar-refractivity contribution in [1.82, 2.24) is 5.32 Å². The SMILES string of the molecule is CC(=O)Nc1cc(NC(C)=O)cc(C(=O)N[C@H](c2ccccc2)c2ccc(Cl)cc2)c1. The Labute approximate surface area is 185 Å². The van der Waals surface area contributed by atoms with Crippen molar-refractivity contribution in [1.29, 1.82) is 0 Å². The number of carbonyl (C=O) groups excluding carboxylic acids is 3. The smallest absolute Gasteiger partial charge is 0.252 e. The fourth-order valence-corrected chi connectivity index (χ4v) is 3.31. The minimum absolute atomic E-state index is 0.283. The molecule has 0 radical (unpaired) electrons. The van der Waals surface area contributed by atoms with Crippen molar-refractivity contribution >= 4 is 40.7 Å². The van der Waals surface area contributed by atoms with Gasteiger partial charge < -0.3 is 16.0 Å². The predicted molar refractivity (Wildman–Crippen MR) is 122 cm³/mol. The van der Waals surface area contributed by atoms with Crippen LogP contribution in [0.1, 0.15) is 41.4 Å². The first-order chi connectivity index (χ1) is 14.8. The molecular formula is C24H22ClN3O3. The highest BCUT2D eigenvalue weighted by Crippen LogP contribution is 2.25. The van der Waals surface area contributed by atoms with Gasteiger partial charge in [-0.3, -0.25) is 14.4 Å². The largest absolute Gasteiger partial charge is 0.341 e. The van der Waals surface area contributed by atoms with E-state index in [1.807, 2.05) is 42.5 Å². The Bertz CT molecular complexity index is 1060. The van der Waals surface area contributed by atoms with Crippen molar-refractivity contribution in [3.05, 3.63) is 94.5 Å². The summed E-state index contributed by atoms with van der Waals surface area (Å²) in [6.45, 7) is 2.74. The third-order valence-corrected chi connectivity index (χ3v) is 4.70. The Balaban J connectivity index is 1.96. The second kappa shape index (κ2) is 9.91. The van der Waals surface area contributed by atoms with E-state index in [9.17, 15) is 14.4 Å². The molecule has 7 heteroatoms. The summed E-state index contributed by atoms with van der Waals surface area (Å²) >= 11 is 6.03. The Morgan fingerprint density at radius 1 is 0.742 bits per heavy atom. The molecule has 0 aliphatic heterocycles. The first kappa shape index (κ1) is 22.1. The van der Waals surface area contributed by atoms with E-state index < -0.39 is 6.04 Å². The van der Waals surface area contributed by atoms with E-state index in [0.29, 0.717) is 22.0 Å². The molecule has 3 aromatic rings. The Hall–Kier alpha value is -3.64. The average molecular weight is 436 g/mol. The predicted octanol–water partition coefficient (Wildman–Crippen LogP) is 4.78. The van der Waals surface area contributed by atoms with Crippen LogP contribution >= 0.6 is 11.6 Å². The number of rotatable bonds is 6.